The summed E-state index contributed by atoms with van der Waals surface area (Å²) >= 11 is 0. The van der Waals surface area contributed by atoms with E-state index in [1.165, 1.54) is 11.1 Å². The minimum absolute atomic E-state index is 0.157. The first-order chi connectivity index (χ1) is 8.45. The van der Waals surface area contributed by atoms with E-state index in [9.17, 15) is 5.11 Å². The topological polar surface area (TPSA) is 32.3 Å². The Morgan fingerprint density at radius 2 is 1.44 bits per heavy atom. The Kier molecular flexibility index (Phi) is 5.83. The molecule has 0 amide bonds. The van der Waals surface area contributed by atoms with Crippen LogP contribution in [0.15, 0.2) is 24.3 Å². The van der Waals surface area contributed by atoms with Gasteiger partial charge in [-0.3, -0.25) is 0 Å². The molecule has 0 aromatic heterocycles. The standard InChI is InChI=1S/C16H27NO/c1-11(2)14-6-8-15(9-7-14)13(5)17-16(10-18)12(3)4/h6-9,11-13,16-18H,10H2,1-5H3/t13?,16-/m1/s1. The van der Waals surface area contributed by atoms with Gasteiger partial charge in [-0.1, -0.05) is 52.0 Å². The van der Waals surface area contributed by atoms with Gasteiger partial charge in [0.15, 0.2) is 0 Å². The van der Waals surface area contributed by atoms with Crippen molar-refractivity contribution in [1.29, 1.82) is 0 Å². The summed E-state index contributed by atoms with van der Waals surface area (Å²) in [5.41, 5.74) is 2.65. The van der Waals surface area contributed by atoms with E-state index in [0.29, 0.717) is 11.8 Å². The van der Waals surface area contributed by atoms with E-state index in [2.05, 4.69) is 64.2 Å². The zero-order chi connectivity index (χ0) is 13.7. The van der Waals surface area contributed by atoms with Gasteiger partial charge in [0.05, 0.1) is 6.61 Å². The van der Waals surface area contributed by atoms with Gasteiger partial charge in [-0.2, -0.15) is 0 Å². The summed E-state index contributed by atoms with van der Waals surface area (Å²) in [7, 11) is 0. The molecule has 1 unspecified atom stereocenters. The van der Waals surface area contributed by atoms with Crippen LogP contribution in [0, 0.1) is 5.92 Å². The second-order valence-corrected chi connectivity index (χ2v) is 5.74. The third-order valence-electron chi connectivity index (χ3n) is 3.57. The summed E-state index contributed by atoms with van der Waals surface area (Å²) in [5, 5.41) is 12.8. The monoisotopic (exact) mass is 249 g/mol. The van der Waals surface area contributed by atoms with Crippen LogP contribution in [0.25, 0.3) is 0 Å². The second-order valence-electron chi connectivity index (χ2n) is 5.74. The van der Waals surface area contributed by atoms with Gasteiger partial charge >= 0.3 is 0 Å². The number of hydrogen-bond acceptors (Lipinski definition) is 2. The van der Waals surface area contributed by atoms with Gasteiger partial charge in [-0.05, 0) is 29.9 Å². The zero-order valence-electron chi connectivity index (χ0n) is 12.3. The van der Waals surface area contributed by atoms with Crippen molar-refractivity contribution in [1.82, 2.24) is 5.32 Å². The molecule has 2 atom stereocenters. The molecule has 1 aromatic rings. The lowest BCUT2D eigenvalue weighted by molar-refractivity contribution is 0.201. The van der Waals surface area contributed by atoms with E-state index >= 15 is 0 Å². The molecule has 1 rings (SSSR count). The molecule has 0 aliphatic carbocycles. The lowest BCUT2D eigenvalue weighted by Gasteiger charge is -2.25. The molecular weight excluding hydrogens is 222 g/mol. The van der Waals surface area contributed by atoms with Gasteiger partial charge in [0.2, 0.25) is 0 Å². The summed E-state index contributed by atoms with van der Waals surface area (Å²) in [6.07, 6.45) is 0. The third-order valence-corrected chi connectivity index (χ3v) is 3.57. The highest BCUT2D eigenvalue weighted by atomic mass is 16.3. The van der Waals surface area contributed by atoms with Crippen molar-refractivity contribution >= 4 is 0 Å². The van der Waals surface area contributed by atoms with Crippen LogP contribution in [0.4, 0.5) is 0 Å². The number of nitrogens with one attached hydrogen (secondary N) is 1. The summed E-state index contributed by atoms with van der Waals surface area (Å²) in [6.45, 7) is 11.0. The van der Waals surface area contributed by atoms with Crippen LogP contribution in [-0.4, -0.2) is 17.8 Å². The average molecular weight is 249 g/mol. The van der Waals surface area contributed by atoms with Crippen molar-refractivity contribution in [3.63, 3.8) is 0 Å². The van der Waals surface area contributed by atoms with Crippen LogP contribution in [-0.2, 0) is 0 Å². The average Bonchev–Trinajstić information content (AvgIpc) is 2.35. The quantitative estimate of drug-likeness (QED) is 0.809. The maximum atomic E-state index is 9.35. The summed E-state index contributed by atoms with van der Waals surface area (Å²) in [4.78, 5) is 0. The number of rotatable bonds is 6. The Morgan fingerprint density at radius 3 is 1.83 bits per heavy atom. The first-order valence-electron chi connectivity index (χ1n) is 6.92. The smallest absolute Gasteiger partial charge is 0.0587 e. The van der Waals surface area contributed by atoms with Crippen molar-refractivity contribution < 1.29 is 5.11 Å². The molecular formula is C16H27NO. The Labute approximate surface area is 111 Å². The van der Waals surface area contributed by atoms with Gasteiger partial charge in [0, 0.05) is 12.1 Å². The molecule has 2 heteroatoms. The number of hydrogen-bond donors (Lipinski definition) is 2. The van der Waals surface area contributed by atoms with Crippen LogP contribution in [0.5, 0.6) is 0 Å². The summed E-state index contributed by atoms with van der Waals surface area (Å²) in [6, 6.07) is 9.18. The van der Waals surface area contributed by atoms with Gasteiger partial charge < -0.3 is 10.4 Å². The first-order valence-corrected chi connectivity index (χ1v) is 6.92. The Balaban J connectivity index is 2.69. The van der Waals surface area contributed by atoms with Crippen molar-refractivity contribution in [3.05, 3.63) is 35.4 Å². The Bertz CT molecular complexity index is 343. The molecule has 0 bridgehead atoms. The van der Waals surface area contributed by atoms with Crippen molar-refractivity contribution in [2.75, 3.05) is 6.61 Å². The molecule has 0 aliphatic rings. The van der Waals surface area contributed by atoms with Crippen LogP contribution in [0.3, 0.4) is 0 Å². The van der Waals surface area contributed by atoms with E-state index in [-0.39, 0.29) is 18.7 Å². The first kappa shape index (κ1) is 15.2. The number of aliphatic hydroxyl groups excluding tert-OH is 1. The predicted octanol–water partition coefficient (Wildman–Crippen LogP) is 3.48. The molecule has 0 spiro atoms. The Hall–Kier alpha value is -0.860. The third kappa shape index (κ3) is 4.11. The van der Waals surface area contributed by atoms with Gasteiger partial charge in [-0.15, -0.1) is 0 Å². The van der Waals surface area contributed by atoms with E-state index in [1.807, 2.05) is 0 Å². The molecule has 1 aromatic carbocycles. The SMILES string of the molecule is CC(C)c1ccc(C(C)N[C@H](CO)C(C)C)cc1. The number of aliphatic hydroxyl groups is 1. The maximum Gasteiger partial charge on any atom is 0.0587 e. The minimum atomic E-state index is 0.157. The summed E-state index contributed by atoms with van der Waals surface area (Å²) in [5.74, 6) is 1.01. The molecule has 0 heterocycles. The largest absolute Gasteiger partial charge is 0.395 e. The van der Waals surface area contributed by atoms with Crippen molar-refractivity contribution in [3.8, 4) is 0 Å². The minimum Gasteiger partial charge on any atom is -0.395 e. The molecule has 2 nitrogen and oxygen atoms in total. The van der Waals surface area contributed by atoms with Crippen LogP contribution in [0.1, 0.15) is 57.7 Å². The van der Waals surface area contributed by atoms with Crippen molar-refractivity contribution in [2.24, 2.45) is 5.92 Å². The molecule has 0 saturated heterocycles. The molecule has 0 radical (unpaired) electrons. The van der Waals surface area contributed by atoms with Crippen LogP contribution < -0.4 is 5.32 Å². The molecule has 0 aliphatic heterocycles. The van der Waals surface area contributed by atoms with E-state index in [1.54, 1.807) is 0 Å². The molecule has 102 valence electrons. The van der Waals surface area contributed by atoms with Gasteiger partial charge in [-0.25, -0.2) is 0 Å². The highest BCUT2D eigenvalue weighted by molar-refractivity contribution is 5.26. The maximum absolute atomic E-state index is 9.35. The number of benzene rings is 1. The van der Waals surface area contributed by atoms with E-state index in [4.69, 9.17) is 0 Å². The summed E-state index contributed by atoms with van der Waals surface area (Å²) < 4.78 is 0. The molecule has 0 saturated carbocycles. The second kappa shape index (κ2) is 6.91. The fourth-order valence-electron chi connectivity index (χ4n) is 2.04. The van der Waals surface area contributed by atoms with Gasteiger partial charge in [0.1, 0.15) is 0 Å². The van der Waals surface area contributed by atoms with Gasteiger partial charge in [0.25, 0.3) is 0 Å². The Morgan fingerprint density at radius 1 is 0.944 bits per heavy atom. The fourth-order valence-corrected chi connectivity index (χ4v) is 2.04. The highest BCUT2D eigenvalue weighted by Crippen LogP contribution is 2.19. The highest BCUT2D eigenvalue weighted by Gasteiger charge is 2.15. The van der Waals surface area contributed by atoms with Crippen LogP contribution in [0.2, 0.25) is 0 Å². The fraction of sp³-hybridized carbons (Fsp3) is 0.625. The lowest BCUT2D eigenvalue weighted by Crippen LogP contribution is -2.38. The predicted molar refractivity (Wildman–Crippen MR) is 77.8 cm³/mol. The van der Waals surface area contributed by atoms with E-state index in [0.717, 1.165) is 0 Å². The normalized spacial score (nSPS) is 15.1. The zero-order valence-corrected chi connectivity index (χ0v) is 12.3. The van der Waals surface area contributed by atoms with Crippen LogP contribution >= 0.6 is 0 Å². The molecule has 2 N–H and O–H groups in total. The molecule has 0 fully saturated rings. The molecule has 18 heavy (non-hydrogen) atoms. The lowest BCUT2D eigenvalue weighted by atomic mass is 9.98. The van der Waals surface area contributed by atoms with Crippen molar-refractivity contribution in [2.45, 2.75) is 52.6 Å². The van der Waals surface area contributed by atoms with E-state index < -0.39 is 0 Å².